The Bertz CT molecular complexity index is 890. The molecule has 26 heavy (non-hydrogen) atoms. The van der Waals surface area contributed by atoms with E-state index in [2.05, 4.69) is 10.1 Å². The van der Waals surface area contributed by atoms with Crippen molar-refractivity contribution in [1.82, 2.24) is 15.0 Å². The van der Waals surface area contributed by atoms with Crippen LogP contribution in [0.4, 0.5) is 0 Å². The molecule has 2 aromatic carbocycles. The van der Waals surface area contributed by atoms with E-state index in [9.17, 15) is 4.79 Å². The summed E-state index contributed by atoms with van der Waals surface area (Å²) in [6.45, 7) is 0.208. The second kappa shape index (κ2) is 7.69. The molecule has 0 spiro atoms. The molecule has 0 aliphatic heterocycles. The minimum atomic E-state index is -0.159. The molecule has 0 saturated heterocycles. The van der Waals surface area contributed by atoms with Crippen molar-refractivity contribution in [2.75, 3.05) is 21.3 Å². The molecule has 134 valence electrons. The summed E-state index contributed by atoms with van der Waals surface area (Å²) in [7, 11) is 4.85. The van der Waals surface area contributed by atoms with E-state index in [0.29, 0.717) is 23.0 Å². The third-order valence-corrected chi connectivity index (χ3v) is 3.85. The average molecular weight is 353 g/mol. The van der Waals surface area contributed by atoms with Crippen molar-refractivity contribution in [3.63, 3.8) is 0 Å². The van der Waals surface area contributed by atoms with E-state index >= 15 is 0 Å². The molecule has 0 fully saturated rings. The molecule has 7 heteroatoms. The van der Waals surface area contributed by atoms with Crippen LogP contribution in [0.1, 0.15) is 16.2 Å². The van der Waals surface area contributed by atoms with Crippen LogP contribution in [-0.4, -0.2) is 42.2 Å². The second-order valence-electron chi connectivity index (χ2n) is 5.63. The fourth-order valence-corrected chi connectivity index (χ4v) is 2.43. The maximum atomic E-state index is 12.5. The number of nitrogens with zero attached hydrogens (tertiary/aromatic N) is 3. The van der Waals surface area contributed by atoms with Gasteiger partial charge in [-0.2, -0.15) is 4.98 Å². The van der Waals surface area contributed by atoms with Gasteiger partial charge in [0.25, 0.3) is 5.91 Å². The first-order valence-electron chi connectivity index (χ1n) is 7.97. The highest BCUT2D eigenvalue weighted by molar-refractivity contribution is 5.94. The molecule has 0 bridgehead atoms. The first kappa shape index (κ1) is 17.5. The van der Waals surface area contributed by atoms with Crippen LogP contribution in [0.3, 0.4) is 0 Å². The molecule has 0 aliphatic carbocycles. The van der Waals surface area contributed by atoms with Gasteiger partial charge in [-0.3, -0.25) is 4.79 Å². The zero-order valence-electron chi connectivity index (χ0n) is 14.8. The number of amides is 1. The number of ether oxygens (including phenoxy) is 2. The van der Waals surface area contributed by atoms with Gasteiger partial charge < -0.3 is 18.9 Å². The molecular formula is C19H19N3O4. The van der Waals surface area contributed by atoms with E-state index in [4.69, 9.17) is 14.0 Å². The van der Waals surface area contributed by atoms with Crippen molar-refractivity contribution in [2.24, 2.45) is 0 Å². The highest BCUT2D eigenvalue weighted by atomic mass is 16.5. The van der Waals surface area contributed by atoms with E-state index in [1.165, 1.54) is 4.90 Å². The van der Waals surface area contributed by atoms with Crippen LogP contribution in [0.2, 0.25) is 0 Å². The Kier molecular flexibility index (Phi) is 5.17. The topological polar surface area (TPSA) is 77.7 Å². The Morgan fingerprint density at radius 3 is 2.50 bits per heavy atom. The van der Waals surface area contributed by atoms with Crippen LogP contribution in [0.25, 0.3) is 11.4 Å². The van der Waals surface area contributed by atoms with Crippen LogP contribution >= 0.6 is 0 Å². The summed E-state index contributed by atoms with van der Waals surface area (Å²) in [4.78, 5) is 18.4. The molecule has 0 unspecified atom stereocenters. The summed E-state index contributed by atoms with van der Waals surface area (Å²) in [6.07, 6.45) is 0. The largest absolute Gasteiger partial charge is 0.497 e. The summed E-state index contributed by atoms with van der Waals surface area (Å²) >= 11 is 0. The molecule has 0 saturated carbocycles. The van der Waals surface area contributed by atoms with E-state index in [1.54, 1.807) is 45.5 Å². The molecule has 1 amide bonds. The number of methoxy groups -OCH3 is 2. The van der Waals surface area contributed by atoms with Crippen molar-refractivity contribution in [3.8, 4) is 22.9 Å². The van der Waals surface area contributed by atoms with E-state index in [0.717, 1.165) is 11.3 Å². The van der Waals surface area contributed by atoms with Gasteiger partial charge in [0.2, 0.25) is 11.7 Å². The Labute approximate surface area is 151 Å². The first-order chi connectivity index (χ1) is 12.6. The number of benzene rings is 2. The first-order valence-corrected chi connectivity index (χ1v) is 7.97. The highest BCUT2D eigenvalue weighted by Crippen LogP contribution is 2.20. The smallest absolute Gasteiger partial charge is 0.254 e. The maximum absolute atomic E-state index is 12.5. The molecule has 3 rings (SSSR count). The molecule has 1 aromatic heterocycles. The molecule has 7 nitrogen and oxygen atoms in total. The minimum Gasteiger partial charge on any atom is -0.497 e. The number of hydrogen-bond donors (Lipinski definition) is 0. The van der Waals surface area contributed by atoms with Gasteiger partial charge in [0.05, 0.1) is 20.8 Å². The van der Waals surface area contributed by atoms with Gasteiger partial charge in [0, 0.05) is 18.2 Å². The number of carbonyl (C=O) groups is 1. The fourth-order valence-electron chi connectivity index (χ4n) is 2.43. The van der Waals surface area contributed by atoms with Crippen molar-refractivity contribution >= 4 is 5.91 Å². The summed E-state index contributed by atoms with van der Waals surface area (Å²) in [5.74, 6) is 2.04. The van der Waals surface area contributed by atoms with Crippen molar-refractivity contribution < 1.29 is 18.8 Å². The fraction of sp³-hybridized carbons (Fsp3) is 0.211. The van der Waals surface area contributed by atoms with Gasteiger partial charge in [0.1, 0.15) is 11.5 Å². The normalized spacial score (nSPS) is 10.4. The molecule has 1 heterocycles. The second-order valence-corrected chi connectivity index (χ2v) is 5.63. The number of rotatable bonds is 6. The number of aromatic nitrogens is 2. The predicted molar refractivity (Wildman–Crippen MR) is 95.1 cm³/mol. The van der Waals surface area contributed by atoms with Gasteiger partial charge in [0.15, 0.2) is 0 Å². The van der Waals surface area contributed by atoms with E-state index in [-0.39, 0.29) is 12.5 Å². The molecule has 0 radical (unpaired) electrons. The van der Waals surface area contributed by atoms with Crippen molar-refractivity contribution in [1.29, 1.82) is 0 Å². The highest BCUT2D eigenvalue weighted by Gasteiger charge is 2.16. The summed E-state index contributed by atoms with van der Waals surface area (Å²) in [5, 5.41) is 3.97. The number of hydrogen-bond acceptors (Lipinski definition) is 6. The molecular weight excluding hydrogens is 334 g/mol. The van der Waals surface area contributed by atoms with Crippen molar-refractivity contribution in [3.05, 3.63) is 60.0 Å². The lowest BCUT2D eigenvalue weighted by Crippen LogP contribution is -2.26. The molecule has 3 aromatic rings. The Hall–Kier alpha value is -3.35. The van der Waals surface area contributed by atoms with Gasteiger partial charge in [-0.15, -0.1) is 0 Å². The molecule has 0 aliphatic rings. The van der Waals surface area contributed by atoms with Gasteiger partial charge in [-0.05, 0) is 42.5 Å². The zero-order valence-corrected chi connectivity index (χ0v) is 14.8. The lowest BCUT2D eigenvalue weighted by atomic mass is 10.2. The quantitative estimate of drug-likeness (QED) is 0.678. The van der Waals surface area contributed by atoms with Gasteiger partial charge in [-0.1, -0.05) is 11.2 Å². The summed E-state index contributed by atoms with van der Waals surface area (Å²) in [5.41, 5.74) is 1.34. The average Bonchev–Trinajstić information content (AvgIpc) is 3.15. The van der Waals surface area contributed by atoms with Crippen LogP contribution in [-0.2, 0) is 6.54 Å². The number of carbonyl (C=O) groups excluding carboxylic acids is 1. The Morgan fingerprint density at radius 1 is 1.08 bits per heavy atom. The van der Waals surface area contributed by atoms with Crippen LogP contribution < -0.4 is 9.47 Å². The molecule has 0 N–H and O–H groups in total. The predicted octanol–water partition coefficient (Wildman–Crippen LogP) is 3.03. The minimum absolute atomic E-state index is 0.159. The summed E-state index contributed by atoms with van der Waals surface area (Å²) in [6, 6.07) is 14.3. The summed E-state index contributed by atoms with van der Waals surface area (Å²) < 4.78 is 15.5. The standard InChI is InChI=1S/C19H19N3O4/c1-22(19(23)14-5-4-6-16(11-14)25-3)12-17-20-18(21-26-17)13-7-9-15(24-2)10-8-13/h4-11H,12H2,1-3H3. The Morgan fingerprint density at radius 2 is 1.81 bits per heavy atom. The van der Waals surface area contributed by atoms with E-state index < -0.39 is 0 Å². The van der Waals surface area contributed by atoms with Crippen LogP contribution in [0.5, 0.6) is 11.5 Å². The monoisotopic (exact) mass is 353 g/mol. The third-order valence-electron chi connectivity index (χ3n) is 3.85. The lowest BCUT2D eigenvalue weighted by molar-refractivity contribution is 0.0769. The van der Waals surface area contributed by atoms with Crippen LogP contribution in [0, 0.1) is 0 Å². The van der Waals surface area contributed by atoms with Crippen molar-refractivity contribution in [2.45, 2.75) is 6.54 Å². The SMILES string of the molecule is COc1ccc(-c2noc(CN(C)C(=O)c3cccc(OC)c3)n2)cc1. The lowest BCUT2D eigenvalue weighted by Gasteiger charge is -2.15. The van der Waals surface area contributed by atoms with Crippen LogP contribution in [0.15, 0.2) is 53.1 Å². The molecule has 0 atom stereocenters. The third kappa shape index (κ3) is 3.83. The van der Waals surface area contributed by atoms with Gasteiger partial charge in [-0.25, -0.2) is 0 Å². The maximum Gasteiger partial charge on any atom is 0.254 e. The van der Waals surface area contributed by atoms with E-state index in [1.807, 2.05) is 24.3 Å². The Balaban J connectivity index is 1.70. The zero-order chi connectivity index (χ0) is 18.5. The van der Waals surface area contributed by atoms with Gasteiger partial charge >= 0.3 is 0 Å².